The van der Waals surface area contributed by atoms with Gasteiger partial charge >= 0.3 is 0 Å². The first-order valence-electron chi connectivity index (χ1n) is 4.37. The van der Waals surface area contributed by atoms with Crippen molar-refractivity contribution in [2.24, 2.45) is 0 Å². The quantitative estimate of drug-likeness (QED) is 0.922. The van der Waals surface area contributed by atoms with E-state index in [1.165, 1.54) is 0 Å². The normalized spacial score (nSPS) is 10.5. The second-order valence-electron chi connectivity index (χ2n) is 3.15. The van der Waals surface area contributed by atoms with Crippen LogP contribution in [0, 0.1) is 0 Å². The molecule has 15 heavy (non-hydrogen) atoms. The third-order valence-corrected chi connectivity index (χ3v) is 2.95. The number of aromatic nitrogens is 2. The highest BCUT2D eigenvalue weighted by atomic mass is 79.9. The summed E-state index contributed by atoms with van der Waals surface area (Å²) in [6.45, 7) is 0.637. The van der Waals surface area contributed by atoms with Gasteiger partial charge in [0.05, 0.1) is 6.54 Å². The van der Waals surface area contributed by atoms with Gasteiger partial charge in [0.15, 0.2) is 5.95 Å². The van der Waals surface area contributed by atoms with Crippen LogP contribution in [0.3, 0.4) is 0 Å². The minimum absolute atomic E-state index is 0.494. The minimum atomic E-state index is 0.494. The molecule has 2 aromatic rings. The molecule has 0 saturated heterocycles. The maximum absolute atomic E-state index is 6.09. The number of hydrogen-bond donors (Lipinski definition) is 1. The van der Waals surface area contributed by atoms with Crippen molar-refractivity contribution in [1.82, 2.24) is 9.55 Å². The molecule has 0 atom stereocenters. The second kappa shape index (κ2) is 4.24. The van der Waals surface area contributed by atoms with E-state index in [0.29, 0.717) is 12.5 Å². The Morgan fingerprint density at radius 1 is 1.47 bits per heavy atom. The maximum Gasteiger partial charge on any atom is 0.200 e. The molecular formula is C10H9BrClN3. The molecule has 0 aliphatic rings. The number of nitrogens with two attached hydrogens (primary N) is 1. The molecule has 2 N–H and O–H groups in total. The summed E-state index contributed by atoms with van der Waals surface area (Å²) >= 11 is 9.45. The molecule has 0 fully saturated rings. The van der Waals surface area contributed by atoms with E-state index in [4.69, 9.17) is 17.3 Å². The first-order chi connectivity index (χ1) is 7.16. The minimum Gasteiger partial charge on any atom is -0.369 e. The first kappa shape index (κ1) is 10.5. The van der Waals surface area contributed by atoms with Crippen LogP contribution in [0.4, 0.5) is 5.95 Å². The van der Waals surface area contributed by atoms with Crippen molar-refractivity contribution in [3.05, 3.63) is 45.7 Å². The molecule has 3 nitrogen and oxygen atoms in total. The smallest absolute Gasteiger partial charge is 0.200 e. The van der Waals surface area contributed by atoms with Crippen LogP contribution >= 0.6 is 27.5 Å². The first-order valence-corrected chi connectivity index (χ1v) is 5.54. The van der Waals surface area contributed by atoms with Gasteiger partial charge in [-0.1, -0.05) is 33.6 Å². The number of halogens is 2. The summed E-state index contributed by atoms with van der Waals surface area (Å²) in [6, 6.07) is 5.78. The van der Waals surface area contributed by atoms with Crippen LogP contribution in [-0.2, 0) is 6.54 Å². The van der Waals surface area contributed by atoms with Crippen molar-refractivity contribution in [2.45, 2.75) is 6.54 Å². The molecular weight excluding hydrogens is 277 g/mol. The molecule has 0 bridgehead atoms. The average molecular weight is 287 g/mol. The zero-order valence-electron chi connectivity index (χ0n) is 7.82. The van der Waals surface area contributed by atoms with Gasteiger partial charge in [-0.25, -0.2) is 4.98 Å². The Bertz CT molecular complexity index is 481. The van der Waals surface area contributed by atoms with E-state index in [-0.39, 0.29) is 0 Å². The fourth-order valence-electron chi connectivity index (χ4n) is 1.31. The summed E-state index contributed by atoms with van der Waals surface area (Å²) in [6.07, 6.45) is 3.50. The number of hydrogen-bond acceptors (Lipinski definition) is 2. The largest absolute Gasteiger partial charge is 0.369 e. The summed E-state index contributed by atoms with van der Waals surface area (Å²) in [5, 5.41) is 0.720. The van der Waals surface area contributed by atoms with Gasteiger partial charge in [-0.3, -0.25) is 0 Å². The van der Waals surface area contributed by atoms with Crippen molar-refractivity contribution >= 4 is 33.5 Å². The van der Waals surface area contributed by atoms with Crippen molar-refractivity contribution in [3.63, 3.8) is 0 Å². The number of imidazole rings is 1. The van der Waals surface area contributed by atoms with Crippen molar-refractivity contribution in [1.29, 1.82) is 0 Å². The Kier molecular flexibility index (Phi) is 2.98. The van der Waals surface area contributed by atoms with Crippen LogP contribution < -0.4 is 5.73 Å². The van der Waals surface area contributed by atoms with E-state index in [9.17, 15) is 0 Å². The molecule has 2 rings (SSSR count). The average Bonchev–Trinajstić information content (AvgIpc) is 2.57. The summed E-state index contributed by atoms with van der Waals surface area (Å²) in [5.74, 6) is 0.494. The summed E-state index contributed by atoms with van der Waals surface area (Å²) in [7, 11) is 0. The second-order valence-corrected chi connectivity index (χ2v) is 4.47. The zero-order valence-corrected chi connectivity index (χ0v) is 10.2. The van der Waals surface area contributed by atoms with Gasteiger partial charge in [-0.05, 0) is 17.7 Å². The van der Waals surface area contributed by atoms with Gasteiger partial charge in [-0.15, -0.1) is 0 Å². The molecule has 0 saturated carbocycles. The molecule has 0 aliphatic heterocycles. The standard InChI is InChI=1S/C10H9BrClN3/c11-8-2-1-7(9(12)5-8)6-15-4-3-14-10(15)13/h1-5H,6H2,(H2,13,14). The Hall–Kier alpha value is -1.000. The van der Waals surface area contributed by atoms with Crippen LogP contribution in [-0.4, -0.2) is 9.55 Å². The topological polar surface area (TPSA) is 43.8 Å². The molecule has 0 radical (unpaired) electrons. The SMILES string of the molecule is Nc1nccn1Cc1ccc(Br)cc1Cl. The lowest BCUT2D eigenvalue weighted by molar-refractivity contribution is 0.811. The van der Waals surface area contributed by atoms with E-state index in [0.717, 1.165) is 15.1 Å². The van der Waals surface area contributed by atoms with Gasteiger partial charge in [0.25, 0.3) is 0 Å². The van der Waals surface area contributed by atoms with E-state index in [1.54, 1.807) is 6.20 Å². The fraction of sp³-hybridized carbons (Fsp3) is 0.100. The molecule has 5 heteroatoms. The molecule has 0 amide bonds. The highest BCUT2D eigenvalue weighted by Gasteiger charge is 2.03. The number of rotatable bonds is 2. The highest BCUT2D eigenvalue weighted by Crippen LogP contribution is 2.22. The van der Waals surface area contributed by atoms with Gasteiger partial charge < -0.3 is 10.3 Å². The van der Waals surface area contributed by atoms with E-state index >= 15 is 0 Å². The van der Waals surface area contributed by atoms with Gasteiger partial charge in [-0.2, -0.15) is 0 Å². The predicted molar refractivity (Wildman–Crippen MR) is 64.9 cm³/mol. The number of nitrogens with zero attached hydrogens (tertiary/aromatic N) is 2. The van der Waals surface area contributed by atoms with Crippen LogP contribution in [0.2, 0.25) is 5.02 Å². The summed E-state index contributed by atoms with van der Waals surface area (Å²) in [5.41, 5.74) is 6.69. The highest BCUT2D eigenvalue weighted by molar-refractivity contribution is 9.10. The predicted octanol–water partition coefficient (Wildman–Crippen LogP) is 2.93. The lowest BCUT2D eigenvalue weighted by atomic mass is 10.2. The number of anilines is 1. The third-order valence-electron chi connectivity index (χ3n) is 2.10. The molecule has 0 spiro atoms. The van der Waals surface area contributed by atoms with Crippen LogP contribution in [0.5, 0.6) is 0 Å². The van der Waals surface area contributed by atoms with Crippen LogP contribution in [0.15, 0.2) is 35.1 Å². The molecule has 78 valence electrons. The monoisotopic (exact) mass is 285 g/mol. The Morgan fingerprint density at radius 2 is 2.27 bits per heavy atom. The van der Waals surface area contributed by atoms with Crippen molar-refractivity contribution in [2.75, 3.05) is 5.73 Å². The van der Waals surface area contributed by atoms with Crippen LogP contribution in [0.25, 0.3) is 0 Å². The molecule has 1 heterocycles. The number of benzene rings is 1. The van der Waals surface area contributed by atoms with E-state index in [1.807, 2.05) is 29.0 Å². The molecule has 1 aromatic heterocycles. The summed E-state index contributed by atoms with van der Waals surface area (Å²) < 4.78 is 2.81. The zero-order chi connectivity index (χ0) is 10.8. The van der Waals surface area contributed by atoms with E-state index in [2.05, 4.69) is 20.9 Å². The summed E-state index contributed by atoms with van der Waals surface area (Å²) in [4.78, 5) is 3.95. The van der Waals surface area contributed by atoms with Crippen LogP contribution in [0.1, 0.15) is 5.56 Å². The lowest BCUT2D eigenvalue weighted by Crippen LogP contribution is -2.03. The van der Waals surface area contributed by atoms with Gasteiger partial charge in [0.1, 0.15) is 0 Å². The lowest BCUT2D eigenvalue weighted by Gasteiger charge is -2.07. The molecule has 0 aliphatic carbocycles. The third kappa shape index (κ3) is 2.33. The maximum atomic E-state index is 6.09. The molecule has 0 unspecified atom stereocenters. The Morgan fingerprint density at radius 3 is 2.87 bits per heavy atom. The van der Waals surface area contributed by atoms with E-state index < -0.39 is 0 Å². The van der Waals surface area contributed by atoms with Gasteiger partial charge in [0, 0.05) is 21.9 Å². The Labute approximate surface area is 101 Å². The fourth-order valence-corrected chi connectivity index (χ4v) is 2.04. The molecule has 1 aromatic carbocycles. The van der Waals surface area contributed by atoms with Gasteiger partial charge in [0.2, 0.25) is 0 Å². The Balaban J connectivity index is 2.29. The van der Waals surface area contributed by atoms with Crippen molar-refractivity contribution in [3.8, 4) is 0 Å². The van der Waals surface area contributed by atoms with Crippen molar-refractivity contribution < 1.29 is 0 Å². The number of nitrogen functional groups attached to an aromatic ring is 1.